The number of ether oxygens (including phenoxy) is 1. The van der Waals surface area contributed by atoms with E-state index in [0.29, 0.717) is 28.5 Å². The van der Waals surface area contributed by atoms with E-state index in [1.54, 1.807) is 18.6 Å². The fraction of sp³-hybridized carbons (Fsp3) is 0.455. The number of halogens is 1. The average molecular weight is 444 g/mol. The van der Waals surface area contributed by atoms with Crippen molar-refractivity contribution in [1.82, 2.24) is 15.3 Å². The average Bonchev–Trinajstić information content (AvgIpc) is 2.77. The van der Waals surface area contributed by atoms with Gasteiger partial charge in [-0.05, 0) is 57.3 Å². The van der Waals surface area contributed by atoms with Crippen molar-refractivity contribution in [1.29, 1.82) is 0 Å². The van der Waals surface area contributed by atoms with E-state index in [4.69, 9.17) is 22.1 Å². The van der Waals surface area contributed by atoms with Gasteiger partial charge < -0.3 is 15.8 Å². The van der Waals surface area contributed by atoms with Crippen molar-refractivity contribution in [3.8, 4) is 11.1 Å². The Balaban J connectivity index is 1.67. The number of amides is 2. The first kappa shape index (κ1) is 21.7. The Bertz CT molecular complexity index is 993. The predicted octanol–water partition coefficient (Wildman–Crippen LogP) is 3.03. The molecule has 2 amide bonds. The molecule has 0 aliphatic carbocycles. The number of Topliss-reactive ketones (excluding diaryl/α,β-unsaturated/α-hetero) is 1. The largest absolute Gasteiger partial charge is 0.362 e. The van der Waals surface area contributed by atoms with Gasteiger partial charge in [0.2, 0.25) is 0 Å². The number of hydrogen-bond acceptors (Lipinski definition) is 6. The van der Waals surface area contributed by atoms with Gasteiger partial charge in [-0.25, -0.2) is 9.78 Å². The van der Waals surface area contributed by atoms with E-state index in [2.05, 4.69) is 15.3 Å². The monoisotopic (exact) mass is 443 g/mol. The lowest BCUT2D eigenvalue weighted by atomic mass is 9.99. The first-order valence-electron chi connectivity index (χ1n) is 10.5. The first-order valence-corrected chi connectivity index (χ1v) is 10.9. The van der Waals surface area contributed by atoms with Gasteiger partial charge in [0, 0.05) is 41.8 Å². The van der Waals surface area contributed by atoms with Crippen LogP contribution < -0.4 is 16.0 Å². The zero-order valence-electron chi connectivity index (χ0n) is 17.4. The Labute approximate surface area is 186 Å². The van der Waals surface area contributed by atoms with Gasteiger partial charge in [0.25, 0.3) is 0 Å². The van der Waals surface area contributed by atoms with Crippen molar-refractivity contribution >= 4 is 29.2 Å². The summed E-state index contributed by atoms with van der Waals surface area (Å²) in [5.41, 5.74) is 8.41. The molecule has 8 nitrogen and oxygen atoms in total. The lowest BCUT2D eigenvalue weighted by molar-refractivity contribution is -0.134. The lowest BCUT2D eigenvalue weighted by Crippen LogP contribution is -2.40. The van der Waals surface area contributed by atoms with Crippen LogP contribution in [-0.2, 0) is 16.0 Å². The highest BCUT2D eigenvalue weighted by atomic mass is 35.5. The number of aryl methyl sites for hydroxylation is 1. The maximum atomic E-state index is 12.4. The fourth-order valence-electron chi connectivity index (χ4n) is 4.18. The highest BCUT2D eigenvalue weighted by molar-refractivity contribution is 6.34. The van der Waals surface area contributed by atoms with Gasteiger partial charge in [-0.2, -0.15) is 0 Å². The quantitative estimate of drug-likeness (QED) is 0.734. The van der Waals surface area contributed by atoms with Crippen LogP contribution in [0.5, 0.6) is 0 Å². The minimum atomic E-state index is -0.765. The number of aromatic nitrogens is 2. The Morgan fingerprint density at radius 3 is 2.77 bits per heavy atom. The molecule has 4 rings (SSSR count). The van der Waals surface area contributed by atoms with E-state index in [1.165, 1.54) is 11.8 Å². The van der Waals surface area contributed by atoms with Crippen LogP contribution in [0.3, 0.4) is 0 Å². The maximum absolute atomic E-state index is 12.4. The number of nitrogens with two attached hydrogens (primary N) is 1. The van der Waals surface area contributed by atoms with Crippen LogP contribution in [0.2, 0.25) is 5.02 Å². The van der Waals surface area contributed by atoms with Gasteiger partial charge in [-0.3, -0.25) is 14.7 Å². The Kier molecular flexibility index (Phi) is 6.50. The third-order valence-corrected chi connectivity index (χ3v) is 6.20. The SMILES string of the molecule is CC(=O)C(OC1CCNCC1)c1cncc(-c2cnc3c(c2)CCCN3C(N)=O)c1Cl. The summed E-state index contributed by atoms with van der Waals surface area (Å²) in [7, 11) is 0. The molecule has 2 aromatic rings. The molecule has 1 saturated heterocycles. The fourth-order valence-corrected chi connectivity index (χ4v) is 4.49. The van der Waals surface area contributed by atoms with E-state index in [0.717, 1.165) is 49.9 Å². The summed E-state index contributed by atoms with van der Waals surface area (Å²) < 4.78 is 6.15. The second-order valence-electron chi connectivity index (χ2n) is 7.97. The molecule has 1 atom stereocenters. The summed E-state index contributed by atoms with van der Waals surface area (Å²) in [5, 5.41) is 3.72. The van der Waals surface area contributed by atoms with Crippen molar-refractivity contribution in [2.75, 3.05) is 24.5 Å². The second kappa shape index (κ2) is 9.30. The van der Waals surface area contributed by atoms with Crippen LogP contribution >= 0.6 is 11.6 Å². The number of fused-ring (bicyclic) bond motifs is 1. The number of piperidine rings is 1. The van der Waals surface area contributed by atoms with Crippen molar-refractivity contribution in [3.05, 3.63) is 40.8 Å². The Morgan fingerprint density at radius 1 is 1.29 bits per heavy atom. The number of urea groups is 1. The molecule has 2 aliphatic heterocycles. The predicted molar refractivity (Wildman–Crippen MR) is 118 cm³/mol. The van der Waals surface area contributed by atoms with Crippen molar-refractivity contribution in [3.63, 3.8) is 0 Å². The molecule has 2 aromatic heterocycles. The highest BCUT2D eigenvalue weighted by Gasteiger charge is 2.28. The van der Waals surface area contributed by atoms with Gasteiger partial charge in [0.05, 0.1) is 11.1 Å². The minimum Gasteiger partial charge on any atom is -0.362 e. The topological polar surface area (TPSA) is 110 Å². The van der Waals surface area contributed by atoms with Crippen LogP contribution in [0, 0.1) is 0 Å². The molecule has 3 N–H and O–H groups in total. The molecule has 1 unspecified atom stereocenters. The Hall–Kier alpha value is -2.55. The van der Waals surface area contributed by atoms with E-state index >= 15 is 0 Å². The van der Waals surface area contributed by atoms with Crippen molar-refractivity contribution in [2.45, 2.75) is 44.8 Å². The zero-order valence-corrected chi connectivity index (χ0v) is 18.2. The minimum absolute atomic E-state index is 0.0000618. The molecule has 164 valence electrons. The van der Waals surface area contributed by atoms with Crippen LogP contribution in [0.1, 0.15) is 43.4 Å². The summed E-state index contributed by atoms with van der Waals surface area (Å²) in [6.07, 6.45) is 7.44. The number of anilines is 1. The van der Waals surface area contributed by atoms with E-state index in [1.807, 2.05) is 6.07 Å². The second-order valence-corrected chi connectivity index (χ2v) is 8.34. The van der Waals surface area contributed by atoms with E-state index in [9.17, 15) is 9.59 Å². The van der Waals surface area contributed by atoms with Gasteiger partial charge in [0.1, 0.15) is 11.9 Å². The standard InChI is InChI=1S/C22H26ClN5O3/c1-13(29)20(31-16-4-6-25-7-5-16)18-12-26-11-17(19(18)23)15-9-14-3-2-8-28(22(24)30)21(14)27-10-15/h9-12,16,20,25H,2-8H2,1H3,(H2,24,30). The van der Waals surface area contributed by atoms with Crippen molar-refractivity contribution < 1.29 is 14.3 Å². The molecule has 31 heavy (non-hydrogen) atoms. The summed E-state index contributed by atoms with van der Waals surface area (Å²) in [5.74, 6) is 0.471. The van der Waals surface area contributed by atoms with Crippen LogP contribution in [0.25, 0.3) is 11.1 Å². The lowest BCUT2D eigenvalue weighted by Gasteiger charge is -2.28. The molecule has 2 aliphatic rings. The van der Waals surface area contributed by atoms with Gasteiger partial charge in [-0.15, -0.1) is 0 Å². The molecular weight excluding hydrogens is 418 g/mol. The summed E-state index contributed by atoms with van der Waals surface area (Å²) in [4.78, 5) is 34.4. The third kappa shape index (κ3) is 4.56. The number of rotatable bonds is 5. The van der Waals surface area contributed by atoms with Gasteiger partial charge >= 0.3 is 6.03 Å². The number of ketones is 1. The number of nitrogens with one attached hydrogen (secondary N) is 1. The van der Waals surface area contributed by atoms with Crippen molar-refractivity contribution in [2.24, 2.45) is 5.73 Å². The number of carbonyl (C=O) groups excluding carboxylic acids is 2. The number of pyridine rings is 2. The van der Waals surface area contributed by atoms with Gasteiger partial charge in [0.15, 0.2) is 5.78 Å². The Morgan fingerprint density at radius 2 is 2.06 bits per heavy atom. The highest BCUT2D eigenvalue weighted by Crippen LogP contribution is 2.37. The molecule has 0 bridgehead atoms. The smallest absolute Gasteiger partial charge is 0.320 e. The molecule has 1 fully saturated rings. The summed E-state index contributed by atoms with van der Waals surface area (Å²) >= 11 is 6.77. The zero-order chi connectivity index (χ0) is 22.0. The summed E-state index contributed by atoms with van der Waals surface area (Å²) in [6, 6.07) is 1.45. The molecule has 0 saturated carbocycles. The van der Waals surface area contributed by atoms with Crippen LogP contribution in [0.4, 0.5) is 10.6 Å². The molecule has 0 spiro atoms. The van der Waals surface area contributed by atoms with Gasteiger partial charge in [-0.1, -0.05) is 11.6 Å². The molecule has 4 heterocycles. The molecular formula is C22H26ClN5O3. The molecule has 9 heteroatoms. The third-order valence-electron chi connectivity index (χ3n) is 5.78. The summed E-state index contributed by atoms with van der Waals surface area (Å²) in [6.45, 7) is 3.79. The first-order chi connectivity index (χ1) is 15.0. The van der Waals surface area contributed by atoms with E-state index < -0.39 is 12.1 Å². The van der Waals surface area contributed by atoms with Crippen LogP contribution in [-0.4, -0.2) is 47.5 Å². The molecule has 0 radical (unpaired) electrons. The van der Waals surface area contributed by atoms with Crippen LogP contribution in [0.15, 0.2) is 24.7 Å². The number of hydrogen-bond donors (Lipinski definition) is 2. The maximum Gasteiger partial charge on any atom is 0.320 e. The normalized spacial score (nSPS) is 17.8. The number of nitrogens with zero attached hydrogens (tertiary/aromatic N) is 3. The molecule has 0 aromatic carbocycles. The number of carbonyl (C=O) groups is 2. The van der Waals surface area contributed by atoms with E-state index in [-0.39, 0.29) is 11.9 Å². The number of primary amides is 1.